The minimum Gasteiger partial charge on any atom is -0.394 e. The van der Waals surface area contributed by atoms with Crippen LogP contribution in [0, 0.1) is 0 Å². The second kappa shape index (κ2) is 8.32. The predicted molar refractivity (Wildman–Crippen MR) is 80.8 cm³/mol. The first-order valence-corrected chi connectivity index (χ1v) is 7.93. The van der Waals surface area contributed by atoms with Gasteiger partial charge in [0.2, 0.25) is 0 Å². The predicted octanol–water partition coefficient (Wildman–Crippen LogP) is -3.74. The molecule has 10 atom stereocenters. The van der Waals surface area contributed by atoms with Gasteiger partial charge in [0.25, 0.3) is 0 Å². The van der Waals surface area contributed by atoms with Crippen molar-refractivity contribution in [2.45, 2.75) is 68.0 Å². The molecule has 2 aliphatic heterocycles. The fourth-order valence-corrected chi connectivity index (χ4v) is 3.13. The molecule has 0 radical (unpaired) electrons. The molecule has 0 aromatic rings. The Morgan fingerprint density at radius 1 is 0.917 bits per heavy atom. The lowest BCUT2D eigenvalue weighted by Gasteiger charge is -2.47. The Hall–Kier alpha value is -0.400. The maximum Gasteiger partial charge on any atom is 0.176 e. The molecular weight excluding hydrogens is 324 g/mol. The van der Waals surface area contributed by atoms with Crippen LogP contribution in [0.15, 0.2) is 0 Å². The summed E-state index contributed by atoms with van der Waals surface area (Å²) in [6.07, 6.45) is -7.35. The van der Waals surface area contributed by atoms with Gasteiger partial charge in [0, 0.05) is 7.11 Å². The molecule has 10 nitrogen and oxygen atoms in total. The van der Waals surface area contributed by atoms with E-state index in [-0.39, 0.29) is 0 Å². The third-order valence-electron chi connectivity index (χ3n) is 4.67. The maximum absolute atomic E-state index is 10.3. The number of nitrogens with two attached hydrogens (primary N) is 2. The zero-order valence-corrected chi connectivity index (χ0v) is 13.8. The van der Waals surface area contributed by atoms with Gasteiger partial charge in [-0.3, -0.25) is 0 Å². The molecule has 2 heterocycles. The van der Waals surface area contributed by atoms with Crippen molar-refractivity contribution in [3.8, 4) is 0 Å². The minimum atomic E-state index is -1.15. The molecule has 24 heavy (non-hydrogen) atoms. The van der Waals surface area contributed by atoms with Gasteiger partial charge in [-0.1, -0.05) is 0 Å². The molecule has 2 aliphatic rings. The summed E-state index contributed by atoms with van der Waals surface area (Å²) in [5.74, 6) is 0. The Morgan fingerprint density at radius 2 is 1.46 bits per heavy atom. The lowest BCUT2D eigenvalue weighted by Crippen LogP contribution is -2.67. The highest BCUT2D eigenvalue weighted by atomic mass is 16.7. The molecule has 10 heteroatoms. The molecule has 4 unspecified atom stereocenters. The lowest BCUT2D eigenvalue weighted by atomic mass is 9.93. The quantitative estimate of drug-likeness (QED) is 0.289. The fourth-order valence-electron chi connectivity index (χ4n) is 3.13. The van der Waals surface area contributed by atoms with Crippen molar-refractivity contribution in [3.63, 3.8) is 0 Å². The van der Waals surface area contributed by atoms with E-state index in [1.54, 1.807) is 6.92 Å². The summed E-state index contributed by atoms with van der Waals surface area (Å²) in [4.78, 5) is 0. The van der Waals surface area contributed by atoms with Crippen molar-refractivity contribution in [2.75, 3.05) is 20.3 Å². The van der Waals surface area contributed by atoms with Crippen LogP contribution in [0.3, 0.4) is 0 Å². The highest BCUT2D eigenvalue weighted by molar-refractivity contribution is 4.97. The van der Waals surface area contributed by atoms with Crippen molar-refractivity contribution in [3.05, 3.63) is 0 Å². The Balaban J connectivity index is 2.12. The summed E-state index contributed by atoms with van der Waals surface area (Å²) in [5, 5.41) is 39.4. The summed E-state index contributed by atoms with van der Waals surface area (Å²) >= 11 is 0. The topological polar surface area (TPSA) is 170 Å². The van der Waals surface area contributed by atoms with Crippen LogP contribution in [0.4, 0.5) is 0 Å². The summed E-state index contributed by atoms with van der Waals surface area (Å²) in [5.41, 5.74) is 11.8. The van der Waals surface area contributed by atoms with Crippen molar-refractivity contribution >= 4 is 0 Å². The van der Waals surface area contributed by atoms with Gasteiger partial charge in [0.1, 0.15) is 36.6 Å². The number of rotatable bonds is 5. The van der Waals surface area contributed by atoms with Gasteiger partial charge < -0.3 is 50.8 Å². The largest absolute Gasteiger partial charge is 0.394 e. The molecular formula is C14H28N2O8. The van der Waals surface area contributed by atoms with Crippen LogP contribution >= 0.6 is 0 Å². The molecule has 0 aromatic heterocycles. The van der Waals surface area contributed by atoms with Crippen molar-refractivity contribution in [1.82, 2.24) is 0 Å². The van der Waals surface area contributed by atoms with Gasteiger partial charge in [-0.2, -0.15) is 0 Å². The molecule has 8 N–H and O–H groups in total. The first-order valence-electron chi connectivity index (χ1n) is 7.93. The van der Waals surface area contributed by atoms with Crippen molar-refractivity contribution in [2.24, 2.45) is 11.5 Å². The highest BCUT2D eigenvalue weighted by Gasteiger charge is 2.49. The Morgan fingerprint density at radius 3 is 2.00 bits per heavy atom. The molecule has 0 saturated carbocycles. The monoisotopic (exact) mass is 352 g/mol. The zero-order valence-electron chi connectivity index (χ0n) is 13.8. The van der Waals surface area contributed by atoms with Gasteiger partial charge in [-0.25, -0.2) is 0 Å². The number of ether oxygens (including phenoxy) is 4. The smallest absolute Gasteiger partial charge is 0.176 e. The van der Waals surface area contributed by atoms with E-state index in [1.807, 2.05) is 0 Å². The van der Waals surface area contributed by atoms with Gasteiger partial charge >= 0.3 is 0 Å². The average Bonchev–Trinajstić information content (AvgIpc) is 2.58. The lowest BCUT2D eigenvalue weighted by molar-refractivity contribution is -0.312. The molecule has 0 aliphatic carbocycles. The molecule has 0 bridgehead atoms. The summed E-state index contributed by atoms with van der Waals surface area (Å²) < 4.78 is 21.9. The standard InChI is InChI=1S/C14H28N2O8/c1-5-8(15)10(19)13(7(4-18)22-5)24-14-9(16)11(20)12(21-2)6(3-17)23-14/h5-14,17-20H,3-4,15-16H2,1-2H3/t5-,6?,7-,8?,9-,10?,11?,12+,13+,14-/m0/s1. The van der Waals surface area contributed by atoms with E-state index in [1.165, 1.54) is 7.11 Å². The summed E-state index contributed by atoms with van der Waals surface area (Å²) in [7, 11) is 1.37. The van der Waals surface area contributed by atoms with E-state index in [0.717, 1.165) is 0 Å². The number of hydrogen-bond donors (Lipinski definition) is 6. The van der Waals surface area contributed by atoms with Crippen LogP contribution in [0.25, 0.3) is 0 Å². The van der Waals surface area contributed by atoms with Crippen LogP contribution < -0.4 is 11.5 Å². The van der Waals surface area contributed by atoms with E-state index >= 15 is 0 Å². The molecule has 2 fully saturated rings. The van der Waals surface area contributed by atoms with Crippen LogP contribution in [-0.2, 0) is 18.9 Å². The SMILES string of the molecule is CO[C@@H]1C(CO)O[C@@H](O[C@H]2C(O)C(N)[C@H](C)O[C@H]2CO)[C@@H](N)C1O. The first-order chi connectivity index (χ1) is 11.3. The van der Waals surface area contributed by atoms with Gasteiger partial charge in [-0.05, 0) is 6.92 Å². The minimum absolute atomic E-state index is 0.395. The van der Waals surface area contributed by atoms with E-state index in [0.29, 0.717) is 0 Å². The van der Waals surface area contributed by atoms with Gasteiger partial charge in [-0.15, -0.1) is 0 Å². The Bertz CT molecular complexity index is 399. The van der Waals surface area contributed by atoms with Gasteiger partial charge in [0.15, 0.2) is 6.29 Å². The zero-order chi connectivity index (χ0) is 18.0. The van der Waals surface area contributed by atoms with E-state index in [2.05, 4.69) is 0 Å². The third-order valence-corrected chi connectivity index (χ3v) is 4.67. The molecule has 0 amide bonds. The number of hydrogen-bond acceptors (Lipinski definition) is 10. The van der Waals surface area contributed by atoms with Crippen molar-refractivity contribution in [1.29, 1.82) is 0 Å². The molecule has 2 saturated heterocycles. The van der Waals surface area contributed by atoms with Crippen LogP contribution in [-0.4, -0.2) is 102 Å². The second-order valence-electron chi connectivity index (χ2n) is 6.22. The molecule has 2 rings (SSSR count). The molecule has 0 spiro atoms. The molecule has 0 aromatic carbocycles. The number of aliphatic hydroxyl groups excluding tert-OH is 4. The van der Waals surface area contributed by atoms with E-state index < -0.39 is 74.3 Å². The number of aliphatic hydroxyl groups is 4. The van der Waals surface area contributed by atoms with Crippen molar-refractivity contribution < 1.29 is 39.4 Å². The van der Waals surface area contributed by atoms with Crippen LogP contribution in [0.1, 0.15) is 6.92 Å². The fraction of sp³-hybridized carbons (Fsp3) is 1.00. The third kappa shape index (κ3) is 3.73. The summed E-state index contributed by atoms with van der Waals surface area (Å²) in [6, 6.07) is -1.71. The van der Waals surface area contributed by atoms with Crippen LogP contribution in [0.2, 0.25) is 0 Å². The second-order valence-corrected chi connectivity index (χ2v) is 6.22. The molecule has 142 valence electrons. The Labute approximate surface area is 140 Å². The van der Waals surface area contributed by atoms with E-state index in [4.69, 9.17) is 30.4 Å². The summed E-state index contributed by atoms with van der Waals surface area (Å²) in [6.45, 7) is 0.879. The van der Waals surface area contributed by atoms with Crippen LogP contribution in [0.5, 0.6) is 0 Å². The normalized spacial score (nSPS) is 50.0. The average molecular weight is 352 g/mol. The van der Waals surface area contributed by atoms with E-state index in [9.17, 15) is 20.4 Å². The highest BCUT2D eigenvalue weighted by Crippen LogP contribution is 2.28. The Kier molecular flexibility index (Phi) is 6.90. The number of methoxy groups -OCH3 is 1. The first kappa shape index (κ1) is 19.9. The van der Waals surface area contributed by atoms with Gasteiger partial charge in [0.05, 0.1) is 31.4 Å². The maximum atomic E-state index is 10.3.